The Morgan fingerprint density at radius 1 is 0.733 bits per heavy atom. The number of hydrogen-bond acceptors (Lipinski definition) is 13. The van der Waals surface area contributed by atoms with E-state index >= 15 is 28.0 Å². The molecule has 9 aliphatic heterocycles. The molecule has 4 amide bonds. The van der Waals surface area contributed by atoms with Crippen LogP contribution in [0.25, 0.3) is 0 Å². The number of aliphatic hydroxyl groups excluding tert-OH is 1. The normalized spacial score (nSPS) is 39.2. The zero-order valence-electron chi connectivity index (χ0n) is 32.0. The van der Waals surface area contributed by atoms with E-state index in [4.69, 9.17) is 4.18 Å². The largest absolute Gasteiger partial charge is 0.388 e. The van der Waals surface area contributed by atoms with Crippen LogP contribution in [0.15, 0.2) is 65.6 Å². The summed E-state index contributed by atoms with van der Waals surface area (Å²) in [5.74, 6) is -4.87. The molecule has 3 aromatic rings. The summed E-state index contributed by atoms with van der Waals surface area (Å²) in [7, 11) is 1.81. The van der Waals surface area contributed by atoms with Crippen molar-refractivity contribution in [3.05, 3.63) is 94.8 Å². The second kappa shape index (κ2) is 11.9. The van der Waals surface area contributed by atoms with Gasteiger partial charge in [-0.05, 0) is 112 Å². The molecule has 0 unspecified atom stereocenters. The number of hydrogen-bond donors (Lipinski definition) is 2. The summed E-state index contributed by atoms with van der Waals surface area (Å²) in [5, 5.41) is 17.1. The smallest absolute Gasteiger partial charge is 0.297 e. The van der Waals surface area contributed by atoms with Crippen molar-refractivity contribution in [1.29, 1.82) is 0 Å². The molecule has 4 bridgehead atoms. The van der Waals surface area contributed by atoms with Crippen molar-refractivity contribution in [3.8, 4) is 0 Å². The summed E-state index contributed by atoms with van der Waals surface area (Å²) in [4.78, 5) is 58.6. The summed E-state index contributed by atoms with van der Waals surface area (Å²) in [6.45, 7) is 3.48. The second-order valence-corrected chi connectivity index (χ2v) is 23.2. The fraction of sp³-hybridized carbons (Fsp3) is 0.436. The predicted octanol–water partition coefficient (Wildman–Crippen LogP) is 4.11. The lowest BCUT2D eigenvalue weighted by atomic mass is 9.51. The number of rotatable bonds is 6. The quantitative estimate of drug-likeness (QED) is 0.270. The highest BCUT2D eigenvalue weighted by Crippen LogP contribution is 2.79. The SMILES string of the molecule is CC[C@@]12SS[C@]3(C(=O)N1C)[C@@H](O)[C@]1([C@@]45c6cc(F)ccc6N[C@@H]4N4C(=O)[C@]6(CC)SS[C@]4(C(=O)N6C)[C@H]5OS(=O)(=O)c4ccc(F)cc4)c4cc(F)ccc4C[C@@H]1N3C2=O. The van der Waals surface area contributed by atoms with E-state index in [0.717, 1.165) is 79.6 Å². The van der Waals surface area contributed by atoms with Gasteiger partial charge in [-0.1, -0.05) is 41.5 Å². The van der Waals surface area contributed by atoms with Crippen LogP contribution >= 0.6 is 43.2 Å². The molecular weight excluding hydrogens is 884 g/mol. The molecule has 13 rings (SSSR count). The molecule has 2 N–H and O–H groups in total. The van der Waals surface area contributed by atoms with Gasteiger partial charge in [0.25, 0.3) is 33.7 Å². The van der Waals surface area contributed by atoms with E-state index in [2.05, 4.69) is 5.32 Å². The van der Waals surface area contributed by atoms with E-state index < -0.39 is 111 Å². The molecule has 1 aliphatic carbocycles. The van der Waals surface area contributed by atoms with Crippen molar-refractivity contribution in [2.24, 2.45) is 0 Å². The van der Waals surface area contributed by atoms with E-state index in [1.807, 2.05) is 0 Å². The van der Waals surface area contributed by atoms with Crippen molar-refractivity contribution in [1.82, 2.24) is 19.6 Å². The predicted molar refractivity (Wildman–Crippen MR) is 217 cm³/mol. The number of nitrogens with one attached hydrogen (secondary N) is 1. The van der Waals surface area contributed by atoms with Gasteiger partial charge in [0.15, 0.2) is 9.74 Å². The summed E-state index contributed by atoms with van der Waals surface area (Å²) >= 11 is 0. The van der Waals surface area contributed by atoms with Gasteiger partial charge in [0.2, 0.25) is 9.74 Å². The number of nitrogens with zero attached hydrogens (tertiary/aromatic N) is 4. The van der Waals surface area contributed by atoms with Crippen LogP contribution in [-0.2, 0) is 50.7 Å². The van der Waals surface area contributed by atoms with Gasteiger partial charge in [-0.2, -0.15) is 8.42 Å². The van der Waals surface area contributed by atoms with Gasteiger partial charge in [0.1, 0.15) is 35.8 Å². The Bertz CT molecular complexity index is 2670. The Kier molecular flexibility index (Phi) is 7.78. The van der Waals surface area contributed by atoms with Crippen LogP contribution in [0, 0.1) is 17.5 Å². The Hall–Kier alpha value is -3.60. The third kappa shape index (κ3) is 3.86. The lowest BCUT2D eigenvalue weighted by Gasteiger charge is -2.59. The number of halogens is 3. The molecule has 10 atom stereocenters. The number of aliphatic hydroxyl groups is 1. The molecule has 10 aliphatic rings. The molecule has 0 saturated carbocycles. The molecule has 8 saturated heterocycles. The minimum absolute atomic E-state index is 0.0264. The third-order valence-corrected chi connectivity index (χ3v) is 23.3. The summed E-state index contributed by atoms with van der Waals surface area (Å²) in [6.07, 6.45) is -5.50. The van der Waals surface area contributed by atoms with Gasteiger partial charge < -0.3 is 25.1 Å². The number of likely N-dealkylation sites (N-methyl/N-ethyl adjacent to an activating group) is 2. The van der Waals surface area contributed by atoms with Crippen LogP contribution < -0.4 is 5.32 Å². The number of amides is 4. The number of piperazine rings is 2. The average Bonchev–Trinajstić information content (AvgIpc) is 3.87. The van der Waals surface area contributed by atoms with Crippen LogP contribution in [0.1, 0.15) is 43.4 Å². The van der Waals surface area contributed by atoms with E-state index in [-0.39, 0.29) is 36.1 Å². The first-order valence-electron chi connectivity index (χ1n) is 19.1. The van der Waals surface area contributed by atoms with Crippen molar-refractivity contribution >= 4 is 82.6 Å². The Morgan fingerprint density at radius 2 is 1.28 bits per heavy atom. The molecule has 0 radical (unpaired) electrons. The van der Waals surface area contributed by atoms with Gasteiger partial charge in [-0.15, -0.1) is 0 Å². The Morgan fingerprint density at radius 3 is 1.92 bits per heavy atom. The van der Waals surface area contributed by atoms with E-state index in [9.17, 15) is 17.9 Å². The zero-order chi connectivity index (χ0) is 42.5. The summed E-state index contributed by atoms with van der Waals surface area (Å²) in [6, 6.07) is 9.97. The molecule has 8 fully saturated rings. The first-order chi connectivity index (χ1) is 28.4. The Labute approximate surface area is 357 Å². The highest BCUT2D eigenvalue weighted by atomic mass is 33.1. The third-order valence-electron chi connectivity index (χ3n) is 14.5. The first-order valence-corrected chi connectivity index (χ1v) is 24.8. The first kappa shape index (κ1) is 39.3. The van der Waals surface area contributed by atoms with Crippen LogP contribution in [0.5, 0.6) is 0 Å². The standard InChI is InChI=1S/C39H34F3N5O8S5/c1-5-34-30(49)46-26-15-18-7-8-20(41)16-23(18)36(26,27(48)38(46,58-56-34)32(51)44(34)3)37-24-17-21(42)11-14-25(24)43-29(37)47-31(50)35(6-2)45(4)33(52)39(47,59-57-35)28(37)55-60(53,54)22-12-9-19(40)10-13-22/h7-14,16-17,26-29,43,48H,5-6,15H2,1-4H3/t26-,27-,28-,29+,34-,35-,36-,37+,38-,39-/m0/s1. The maximum absolute atomic E-state index is 16.2. The maximum Gasteiger partial charge on any atom is 0.297 e. The van der Waals surface area contributed by atoms with Crippen LogP contribution in [0.4, 0.5) is 18.9 Å². The van der Waals surface area contributed by atoms with E-state index in [1.54, 1.807) is 13.8 Å². The van der Waals surface area contributed by atoms with Gasteiger partial charge in [0.05, 0.1) is 21.8 Å². The molecule has 3 aromatic carbocycles. The van der Waals surface area contributed by atoms with Crippen LogP contribution in [0.3, 0.4) is 0 Å². The highest BCUT2D eigenvalue weighted by Gasteiger charge is 2.93. The number of benzene rings is 3. The molecule has 13 nitrogen and oxygen atoms in total. The van der Waals surface area contributed by atoms with E-state index in [0.29, 0.717) is 5.56 Å². The molecule has 0 aromatic heterocycles. The fourth-order valence-electron chi connectivity index (χ4n) is 11.9. The zero-order valence-corrected chi connectivity index (χ0v) is 36.1. The number of carbonyl (C=O) groups excluding carboxylic acids is 4. The number of fused-ring (bicyclic) bond motifs is 11. The topological polar surface area (TPSA) is 157 Å². The highest BCUT2D eigenvalue weighted by molar-refractivity contribution is 8.78. The minimum atomic E-state index is -5.10. The summed E-state index contributed by atoms with van der Waals surface area (Å²) in [5.41, 5.74) is -3.90. The van der Waals surface area contributed by atoms with Crippen LogP contribution in [0.2, 0.25) is 0 Å². The number of anilines is 1. The fourth-order valence-corrected chi connectivity index (χ4v) is 21.0. The molecule has 21 heteroatoms. The Balaban J connectivity index is 1.31. The van der Waals surface area contributed by atoms with Crippen molar-refractivity contribution in [2.75, 3.05) is 19.4 Å². The van der Waals surface area contributed by atoms with Gasteiger partial charge in [0, 0.05) is 19.8 Å². The summed E-state index contributed by atoms with van der Waals surface area (Å²) < 4.78 is 82.9. The van der Waals surface area contributed by atoms with E-state index in [1.165, 1.54) is 58.0 Å². The lowest BCUT2D eigenvalue weighted by molar-refractivity contribution is -0.168. The average molecular weight is 918 g/mol. The minimum Gasteiger partial charge on any atom is -0.388 e. The van der Waals surface area contributed by atoms with Gasteiger partial charge in [-0.3, -0.25) is 28.3 Å². The lowest BCUT2D eigenvalue weighted by Crippen LogP contribution is -2.78. The van der Waals surface area contributed by atoms with Crippen molar-refractivity contribution < 1.29 is 50.1 Å². The molecule has 9 heterocycles. The van der Waals surface area contributed by atoms with Crippen molar-refractivity contribution in [3.63, 3.8) is 0 Å². The van der Waals surface area contributed by atoms with Crippen LogP contribution in [-0.4, -0.2) is 115 Å². The molecular formula is C39H34F3N5O8S5. The maximum atomic E-state index is 16.2. The number of carbonyl (C=O) groups is 4. The van der Waals surface area contributed by atoms with Gasteiger partial charge in [-0.25, -0.2) is 13.2 Å². The molecule has 2 spiro atoms. The molecule has 60 heavy (non-hydrogen) atoms. The molecule has 314 valence electrons. The van der Waals surface area contributed by atoms with Gasteiger partial charge >= 0.3 is 0 Å². The second-order valence-electron chi connectivity index (χ2n) is 16.4. The van der Waals surface area contributed by atoms with Crippen molar-refractivity contribution in [2.45, 2.75) is 92.7 Å². The monoisotopic (exact) mass is 917 g/mol.